The first kappa shape index (κ1) is 29.9. The molecule has 3 rings (SSSR count). The van der Waals surface area contributed by atoms with Crippen molar-refractivity contribution >= 4 is 11.9 Å². The third-order valence-corrected chi connectivity index (χ3v) is 6.60. The fourth-order valence-corrected chi connectivity index (χ4v) is 4.12. The van der Waals surface area contributed by atoms with Crippen LogP contribution in [-0.4, -0.2) is 30.5 Å². The molecule has 0 radical (unpaired) electrons. The van der Waals surface area contributed by atoms with E-state index in [1.165, 1.54) is 12.7 Å². The number of nitrogens with one attached hydrogen (secondary N) is 1. The van der Waals surface area contributed by atoms with Crippen LogP contribution in [0.15, 0.2) is 66.9 Å². The lowest BCUT2D eigenvalue weighted by atomic mass is 9.86. The summed E-state index contributed by atoms with van der Waals surface area (Å²) in [5.74, 6) is 0.118. The van der Waals surface area contributed by atoms with Gasteiger partial charge in [0.15, 0.2) is 0 Å². The lowest BCUT2D eigenvalue weighted by Crippen LogP contribution is -2.26. The van der Waals surface area contributed by atoms with E-state index in [2.05, 4.69) is 80.8 Å². The van der Waals surface area contributed by atoms with Crippen molar-refractivity contribution in [1.29, 1.82) is 0 Å². The van der Waals surface area contributed by atoms with Crippen LogP contribution in [0.25, 0.3) is 11.3 Å². The number of nitrogens with zero attached hydrogens (tertiary/aromatic N) is 1. The molecule has 0 spiro atoms. The van der Waals surface area contributed by atoms with E-state index in [0.29, 0.717) is 11.3 Å². The van der Waals surface area contributed by atoms with Crippen molar-refractivity contribution in [3.8, 4) is 17.0 Å². The summed E-state index contributed by atoms with van der Waals surface area (Å²) in [5, 5.41) is 2.75. The summed E-state index contributed by atoms with van der Waals surface area (Å²) in [6.45, 7) is 13.5. The summed E-state index contributed by atoms with van der Waals surface area (Å²) in [4.78, 5) is 28.4. The molecule has 2 aromatic carbocycles. The highest BCUT2D eigenvalue weighted by atomic mass is 16.5. The van der Waals surface area contributed by atoms with Gasteiger partial charge < -0.3 is 14.8 Å². The van der Waals surface area contributed by atoms with Gasteiger partial charge in [-0.3, -0.25) is 14.6 Å². The average Bonchev–Trinajstić information content (AvgIpc) is 2.90. The molecular weight excluding hydrogens is 488 g/mol. The van der Waals surface area contributed by atoms with Gasteiger partial charge in [-0.25, -0.2) is 0 Å². The molecule has 39 heavy (non-hydrogen) atoms. The van der Waals surface area contributed by atoms with E-state index in [-0.39, 0.29) is 41.8 Å². The second-order valence-corrected chi connectivity index (χ2v) is 12.1. The molecule has 1 amide bonds. The summed E-state index contributed by atoms with van der Waals surface area (Å²) in [7, 11) is 1.33. The van der Waals surface area contributed by atoms with Crippen LogP contribution in [0.5, 0.6) is 5.75 Å². The minimum Gasteiger partial charge on any atom is -0.484 e. The zero-order valence-electron chi connectivity index (χ0n) is 24.3. The number of pyridine rings is 1. The number of amides is 1. The number of hydrogen-bond donors (Lipinski definition) is 1. The highest BCUT2D eigenvalue weighted by Crippen LogP contribution is 2.32. The molecule has 0 aliphatic carbocycles. The third kappa shape index (κ3) is 9.24. The summed E-state index contributed by atoms with van der Waals surface area (Å²) < 4.78 is 11.1. The maximum atomic E-state index is 12.5. The topological polar surface area (TPSA) is 77.5 Å². The number of aromatic nitrogens is 1. The van der Waals surface area contributed by atoms with Gasteiger partial charge in [0.2, 0.25) is 0 Å². The standard InChI is InChI=1S/C33H42N2O4/c1-32(2,3)20-18-29(24-8-10-25(11-9-24)31(37)34-21-19-30(36)38-7)39-27-16-17-28(35-22-27)23-12-14-26(15-13-23)33(4,5)6/h8-17,22,29H,18-21H2,1-7H3,(H,34,37). The van der Waals surface area contributed by atoms with Crippen LogP contribution in [0.1, 0.15) is 88.4 Å². The molecule has 1 unspecified atom stereocenters. The highest BCUT2D eigenvalue weighted by Gasteiger charge is 2.20. The zero-order chi connectivity index (χ0) is 28.6. The molecule has 0 fully saturated rings. The van der Waals surface area contributed by atoms with Crippen LogP contribution in [0.4, 0.5) is 0 Å². The van der Waals surface area contributed by atoms with E-state index < -0.39 is 0 Å². The number of methoxy groups -OCH3 is 1. The fraction of sp³-hybridized carbons (Fsp3) is 0.424. The van der Waals surface area contributed by atoms with Crippen LogP contribution >= 0.6 is 0 Å². The number of benzene rings is 2. The smallest absolute Gasteiger partial charge is 0.307 e. The molecule has 1 N–H and O–H groups in total. The molecule has 6 nitrogen and oxygen atoms in total. The highest BCUT2D eigenvalue weighted by molar-refractivity contribution is 5.94. The largest absolute Gasteiger partial charge is 0.484 e. The molecule has 1 aromatic heterocycles. The number of esters is 1. The summed E-state index contributed by atoms with van der Waals surface area (Å²) in [6, 6.07) is 19.9. The van der Waals surface area contributed by atoms with E-state index in [1.807, 2.05) is 24.3 Å². The molecule has 0 bridgehead atoms. The van der Waals surface area contributed by atoms with Crippen LogP contribution in [0.3, 0.4) is 0 Å². The molecule has 0 aliphatic heterocycles. The van der Waals surface area contributed by atoms with Crippen molar-refractivity contribution in [2.75, 3.05) is 13.7 Å². The van der Waals surface area contributed by atoms with Crippen molar-refractivity contribution in [2.45, 2.75) is 72.3 Å². The maximum absolute atomic E-state index is 12.5. The Labute approximate surface area is 233 Å². The maximum Gasteiger partial charge on any atom is 0.307 e. The van der Waals surface area contributed by atoms with Gasteiger partial charge in [-0.2, -0.15) is 0 Å². The van der Waals surface area contributed by atoms with Crippen molar-refractivity contribution in [2.24, 2.45) is 5.41 Å². The lowest BCUT2D eigenvalue weighted by molar-refractivity contribution is -0.140. The van der Waals surface area contributed by atoms with E-state index in [0.717, 1.165) is 29.7 Å². The molecule has 6 heteroatoms. The summed E-state index contributed by atoms with van der Waals surface area (Å²) in [6.07, 6.45) is 3.53. The number of ether oxygens (including phenoxy) is 2. The van der Waals surface area contributed by atoms with Gasteiger partial charge in [0.05, 0.1) is 25.4 Å². The summed E-state index contributed by atoms with van der Waals surface area (Å²) in [5.41, 5.74) is 5.04. The number of carbonyl (C=O) groups is 2. The molecule has 0 saturated carbocycles. The second-order valence-electron chi connectivity index (χ2n) is 12.1. The molecule has 0 aliphatic rings. The van der Waals surface area contributed by atoms with E-state index >= 15 is 0 Å². The normalized spacial score (nSPS) is 12.5. The Morgan fingerprint density at radius 2 is 1.56 bits per heavy atom. The van der Waals surface area contributed by atoms with Gasteiger partial charge >= 0.3 is 5.97 Å². The second kappa shape index (κ2) is 12.9. The Kier molecular flexibility index (Phi) is 9.90. The van der Waals surface area contributed by atoms with Gasteiger partial charge in [0.25, 0.3) is 5.91 Å². The van der Waals surface area contributed by atoms with Gasteiger partial charge in [0, 0.05) is 17.7 Å². The lowest BCUT2D eigenvalue weighted by Gasteiger charge is -2.24. The quantitative estimate of drug-likeness (QED) is 0.279. The Hall–Kier alpha value is -3.67. The molecular formula is C33H42N2O4. The SMILES string of the molecule is COC(=O)CCNC(=O)c1ccc(C(CCC(C)(C)C)Oc2ccc(-c3ccc(C(C)(C)C)cc3)nc2)cc1. The van der Waals surface area contributed by atoms with Crippen molar-refractivity contribution in [3.05, 3.63) is 83.6 Å². The van der Waals surface area contributed by atoms with Gasteiger partial charge in [0.1, 0.15) is 11.9 Å². The Morgan fingerprint density at radius 1 is 0.897 bits per heavy atom. The number of rotatable bonds is 10. The Morgan fingerprint density at radius 3 is 2.10 bits per heavy atom. The van der Waals surface area contributed by atoms with Gasteiger partial charge in [-0.1, -0.05) is 77.9 Å². The van der Waals surface area contributed by atoms with Crippen molar-refractivity contribution in [3.63, 3.8) is 0 Å². The fourth-order valence-electron chi connectivity index (χ4n) is 4.12. The van der Waals surface area contributed by atoms with Crippen molar-refractivity contribution < 1.29 is 19.1 Å². The summed E-state index contributed by atoms with van der Waals surface area (Å²) >= 11 is 0. The molecule has 3 aromatic rings. The average molecular weight is 531 g/mol. The minimum absolute atomic E-state index is 0.109. The number of carbonyl (C=O) groups excluding carboxylic acids is 2. The molecule has 208 valence electrons. The van der Waals surface area contributed by atoms with Crippen molar-refractivity contribution in [1.82, 2.24) is 10.3 Å². The van der Waals surface area contributed by atoms with Gasteiger partial charge in [-0.15, -0.1) is 0 Å². The first-order valence-electron chi connectivity index (χ1n) is 13.5. The predicted octanol–water partition coefficient (Wildman–Crippen LogP) is 7.29. The van der Waals surface area contributed by atoms with E-state index in [1.54, 1.807) is 18.3 Å². The monoisotopic (exact) mass is 530 g/mol. The first-order valence-corrected chi connectivity index (χ1v) is 13.5. The van der Waals surface area contributed by atoms with Crippen LogP contribution in [0, 0.1) is 5.41 Å². The van der Waals surface area contributed by atoms with E-state index in [4.69, 9.17) is 4.74 Å². The Balaban J connectivity index is 1.72. The number of hydrogen-bond acceptors (Lipinski definition) is 5. The zero-order valence-corrected chi connectivity index (χ0v) is 24.3. The minimum atomic E-state index is -0.356. The third-order valence-electron chi connectivity index (χ3n) is 6.60. The predicted molar refractivity (Wildman–Crippen MR) is 156 cm³/mol. The molecule has 0 saturated heterocycles. The molecule has 1 heterocycles. The molecule has 1 atom stereocenters. The Bertz CT molecular complexity index is 1220. The first-order chi connectivity index (χ1) is 18.4. The van der Waals surface area contributed by atoms with Crippen LogP contribution in [-0.2, 0) is 14.9 Å². The van der Waals surface area contributed by atoms with E-state index in [9.17, 15) is 9.59 Å². The van der Waals surface area contributed by atoms with Crippen LogP contribution in [0.2, 0.25) is 0 Å². The van der Waals surface area contributed by atoms with Gasteiger partial charge in [-0.05, 0) is 59.1 Å². The van der Waals surface area contributed by atoms with Crippen LogP contribution < -0.4 is 10.1 Å².